The second kappa shape index (κ2) is 18.9. The van der Waals surface area contributed by atoms with Crippen molar-refractivity contribution in [2.75, 3.05) is 17.3 Å². The Bertz CT molecular complexity index is 279. The van der Waals surface area contributed by atoms with Gasteiger partial charge in [-0.05, 0) is 0 Å². The van der Waals surface area contributed by atoms with Gasteiger partial charge in [0.2, 0.25) is 0 Å². The molecule has 13 heteroatoms. The molecule has 129 valence electrons. The van der Waals surface area contributed by atoms with Crippen LogP contribution in [-0.4, -0.2) is 86.0 Å². The second-order valence-electron chi connectivity index (χ2n) is 3.38. The van der Waals surface area contributed by atoms with Crippen LogP contribution < -0.4 is 17.2 Å². The zero-order valence-corrected chi connectivity index (χ0v) is 15.4. The first-order valence-electron chi connectivity index (χ1n) is 5.32. The van der Waals surface area contributed by atoms with Crippen molar-refractivity contribution >= 4 is 73.2 Å². The van der Waals surface area contributed by atoms with E-state index in [-0.39, 0.29) is 34.6 Å². The number of nitrogens with two attached hydrogens (primary N) is 3. The van der Waals surface area contributed by atoms with Crippen LogP contribution in [0.4, 0.5) is 0 Å². The highest BCUT2D eigenvalue weighted by Crippen LogP contribution is 1.81. The zero-order valence-electron chi connectivity index (χ0n) is 11.6. The maximum absolute atomic E-state index is 9.76. The number of carboxylic acids is 3. The third kappa shape index (κ3) is 22.2. The van der Waals surface area contributed by atoms with E-state index in [1.807, 2.05) is 0 Å². The fourth-order valence-corrected chi connectivity index (χ4v) is 0.703. The average molecular weight is 390 g/mol. The lowest BCUT2D eigenvalue weighted by atomic mass is 10.4. The summed E-state index contributed by atoms with van der Waals surface area (Å²) in [6.07, 6.45) is 0. The molecule has 0 aromatic carbocycles. The topological polar surface area (TPSA) is 190 Å². The fourth-order valence-electron chi connectivity index (χ4n) is 0.234. The molecule has 0 fully saturated rings. The van der Waals surface area contributed by atoms with Gasteiger partial charge in [-0.2, -0.15) is 37.9 Å². The Balaban J connectivity index is -0.000000108. The molecule has 3 radical (unpaired) electrons. The lowest BCUT2D eigenvalue weighted by molar-refractivity contribution is -0.138. The van der Waals surface area contributed by atoms with Gasteiger partial charge in [0.1, 0.15) is 18.1 Å². The van der Waals surface area contributed by atoms with Crippen molar-refractivity contribution in [3.8, 4) is 0 Å². The Labute approximate surface area is 155 Å². The molecule has 0 aliphatic heterocycles. The third-order valence-electron chi connectivity index (χ3n) is 1.54. The van der Waals surface area contributed by atoms with Gasteiger partial charge in [-0.15, -0.1) is 0 Å². The monoisotopic (exact) mass is 390 g/mol. The van der Waals surface area contributed by atoms with E-state index in [0.717, 1.165) is 0 Å². The standard InChI is InChI=1S/3C3H7NO2S.Al/c3*4-2(1-7)3(5)6;/h3*2,7H,1,4H2,(H,5,6);/t3*2-;/m000./s1. The first-order valence-corrected chi connectivity index (χ1v) is 7.22. The summed E-state index contributed by atoms with van der Waals surface area (Å²) in [6.45, 7) is 0. The van der Waals surface area contributed by atoms with Gasteiger partial charge in [-0.25, -0.2) is 0 Å². The predicted octanol–water partition coefficient (Wildman–Crippen LogP) is -2.40. The van der Waals surface area contributed by atoms with E-state index in [4.69, 9.17) is 32.5 Å². The summed E-state index contributed by atoms with van der Waals surface area (Å²) in [5, 5.41) is 24.0. The highest BCUT2D eigenvalue weighted by Gasteiger charge is 2.07. The number of rotatable bonds is 6. The van der Waals surface area contributed by atoms with Crippen LogP contribution in [0.3, 0.4) is 0 Å². The number of carboxylic acid groups (broad SMARTS) is 3. The molecule has 0 unspecified atom stereocenters. The summed E-state index contributed by atoms with van der Waals surface area (Å²) < 4.78 is 0. The van der Waals surface area contributed by atoms with E-state index in [9.17, 15) is 14.4 Å². The van der Waals surface area contributed by atoms with Gasteiger partial charge >= 0.3 is 17.9 Å². The number of carbonyl (C=O) groups is 3. The molecule has 0 aliphatic carbocycles. The smallest absolute Gasteiger partial charge is 0.321 e. The van der Waals surface area contributed by atoms with E-state index in [2.05, 4.69) is 37.9 Å². The van der Waals surface area contributed by atoms with Crippen molar-refractivity contribution in [1.29, 1.82) is 0 Å². The summed E-state index contributed by atoms with van der Waals surface area (Å²) in [6, 6.07) is -2.45. The SMILES string of the molecule is N[C@@H](CS)C(=O)O.N[C@@H](CS)C(=O)O.N[C@@H](CS)C(=O)O.[Al]. The van der Waals surface area contributed by atoms with Crippen molar-refractivity contribution in [3.63, 3.8) is 0 Å². The summed E-state index contributed by atoms with van der Waals surface area (Å²) in [5.74, 6) is -2.44. The molecule has 0 saturated heterocycles. The number of hydrogen-bond acceptors (Lipinski definition) is 9. The van der Waals surface area contributed by atoms with Gasteiger partial charge in [0.25, 0.3) is 0 Å². The van der Waals surface area contributed by atoms with Crippen LogP contribution in [0.15, 0.2) is 0 Å². The summed E-state index contributed by atoms with van der Waals surface area (Å²) in [5.41, 5.74) is 14.8. The molecule has 0 aromatic heterocycles. The minimum absolute atomic E-state index is 0. The molecule has 0 aromatic rings. The van der Waals surface area contributed by atoms with Gasteiger partial charge in [0, 0.05) is 34.6 Å². The van der Waals surface area contributed by atoms with Crippen LogP contribution in [0.25, 0.3) is 0 Å². The van der Waals surface area contributed by atoms with Gasteiger partial charge in [0.15, 0.2) is 0 Å². The predicted molar refractivity (Wildman–Crippen MR) is 94.1 cm³/mol. The first kappa shape index (κ1) is 29.8. The minimum Gasteiger partial charge on any atom is -0.480 e. The van der Waals surface area contributed by atoms with Crippen LogP contribution in [0, 0.1) is 0 Å². The fraction of sp³-hybridized carbons (Fsp3) is 0.667. The first-order chi connectivity index (χ1) is 9.54. The van der Waals surface area contributed by atoms with Gasteiger partial charge in [-0.3, -0.25) is 14.4 Å². The lowest BCUT2D eigenvalue weighted by Gasteiger charge is -1.96. The minimum atomic E-state index is -1.00. The molecule has 0 spiro atoms. The molecule has 0 rings (SSSR count). The van der Waals surface area contributed by atoms with E-state index in [1.165, 1.54) is 0 Å². The van der Waals surface area contributed by atoms with Crippen LogP contribution in [0.5, 0.6) is 0 Å². The van der Waals surface area contributed by atoms with Crippen molar-refractivity contribution in [2.45, 2.75) is 18.1 Å². The molecular weight excluding hydrogens is 369 g/mol. The maximum Gasteiger partial charge on any atom is 0.321 e. The largest absolute Gasteiger partial charge is 0.480 e. The molecular formula is C9H21AlN3O6S3. The Hall–Kier alpha value is -0.128. The van der Waals surface area contributed by atoms with Gasteiger partial charge in [-0.1, -0.05) is 0 Å². The quantitative estimate of drug-likeness (QED) is 0.176. The van der Waals surface area contributed by atoms with E-state index in [0.29, 0.717) is 0 Å². The molecule has 0 bridgehead atoms. The highest BCUT2D eigenvalue weighted by molar-refractivity contribution is 7.80. The van der Waals surface area contributed by atoms with Crippen LogP contribution in [0.2, 0.25) is 0 Å². The average Bonchev–Trinajstić information content (AvgIpc) is 2.45. The molecule has 0 saturated carbocycles. The number of thiol groups is 3. The van der Waals surface area contributed by atoms with E-state index in [1.54, 1.807) is 0 Å². The summed E-state index contributed by atoms with van der Waals surface area (Å²) >= 11 is 10.9. The molecule has 0 aliphatic rings. The van der Waals surface area contributed by atoms with Crippen molar-refractivity contribution in [3.05, 3.63) is 0 Å². The maximum atomic E-state index is 9.76. The third-order valence-corrected chi connectivity index (χ3v) is 2.72. The highest BCUT2D eigenvalue weighted by atomic mass is 32.1. The van der Waals surface area contributed by atoms with Crippen molar-refractivity contribution in [2.24, 2.45) is 17.2 Å². The number of aliphatic carboxylic acids is 3. The van der Waals surface area contributed by atoms with E-state index >= 15 is 0 Å². The van der Waals surface area contributed by atoms with Crippen molar-refractivity contribution < 1.29 is 29.7 Å². The Morgan fingerprint density at radius 2 is 0.818 bits per heavy atom. The number of hydrogen-bond donors (Lipinski definition) is 9. The van der Waals surface area contributed by atoms with Crippen molar-refractivity contribution in [1.82, 2.24) is 0 Å². The lowest BCUT2D eigenvalue weighted by Crippen LogP contribution is -2.31. The molecule has 3 atom stereocenters. The molecule has 0 amide bonds. The normalized spacial score (nSPS) is 12.8. The second-order valence-corrected chi connectivity index (χ2v) is 4.48. The Morgan fingerprint density at radius 3 is 0.818 bits per heavy atom. The van der Waals surface area contributed by atoms with Gasteiger partial charge in [0.05, 0.1) is 0 Å². The Kier molecular flexibility index (Phi) is 25.7. The summed E-state index contributed by atoms with van der Waals surface area (Å²) in [4.78, 5) is 29.3. The molecule has 22 heavy (non-hydrogen) atoms. The van der Waals surface area contributed by atoms with Crippen LogP contribution in [-0.2, 0) is 14.4 Å². The zero-order chi connectivity index (χ0) is 17.6. The molecule has 0 heterocycles. The Morgan fingerprint density at radius 1 is 0.682 bits per heavy atom. The molecule has 9 nitrogen and oxygen atoms in total. The van der Waals surface area contributed by atoms with E-state index < -0.39 is 36.0 Å². The van der Waals surface area contributed by atoms with Gasteiger partial charge < -0.3 is 32.5 Å². The molecule has 9 N–H and O–H groups in total. The van der Waals surface area contributed by atoms with Crippen LogP contribution >= 0.6 is 37.9 Å². The van der Waals surface area contributed by atoms with Crippen LogP contribution in [0.1, 0.15) is 0 Å². The summed E-state index contributed by atoms with van der Waals surface area (Å²) in [7, 11) is 0.